The first-order chi connectivity index (χ1) is 8.04. The molecule has 2 rings (SSSR count). The molecule has 1 aromatic carbocycles. The van der Waals surface area contributed by atoms with Gasteiger partial charge < -0.3 is 10.3 Å². The van der Waals surface area contributed by atoms with E-state index in [4.69, 9.17) is 17.3 Å². The molecule has 0 unspecified atom stereocenters. The molecule has 4 heteroatoms. The van der Waals surface area contributed by atoms with Gasteiger partial charge in [-0.05, 0) is 19.4 Å². The Labute approximate surface area is 106 Å². The zero-order chi connectivity index (χ0) is 12.6. The second-order valence-corrected chi connectivity index (χ2v) is 4.61. The zero-order valence-corrected chi connectivity index (χ0v) is 11.0. The summed E-state index contributed by atoms with van der Waals surface area (Å²) in [6, 6.07) is 6.29. The highest BCUT2D eigenvalue weighted by molar-refractivity contribution is 6.30. The van der Waals surface area contributed by atoms with E-state index in [1.54, 1.807) is 0 Å². The van der Waals surface area contributed by atoms with Crippen LogP contribution in [0.2, 0.25) is 5.15 Å². The minimum atomic E-state index is 0.396. The maximum atomic E-state index is 6.07. The molecule has 0 radical (unpaired) electrons. The van der Waals surface area contributed by atoms with E-state index in [0.717, 1.165) is 17.1 Å². The van der Waals surface area contributed by atoms with Crippen molar-refractivity contribution >= 4 is 11.6 Å². The van der Waals surface area contributed by atoms with Crippen LogP contribution in [0.3, 0.4) is 0 Å². The average molecular weight is 250 g/mol. The Bertz CT molecular complexity index is 558. The van der Waals surface area contributed by atoms with Gasteiger partial charge in [-0.25, -0.2) is 4.98 Å². The molecule has 0 spiro atoms. The number of halogens is 1. The van der Waals surface area contributed by atoms with Crippen LogP contribution in [0.4, 0.5) is 0 Å². The quantitative estimate of drug-likeness (QED) is 0.890. The number of benzene rings is 1. The number of hydrogen-bond donors (Lipinski definition) is 1. The van der Waals surface area contributed by atoms with Crippen molar-refractivity contribution in [1.82, 2.24) is 9.55 Å². The monoisotopic (exact) mass is 249 g/mol. The lowest BCUT2D eigenvalue weighted by Gasteiger charge is -2.08. The van der Waals surface area contributed by atoms with Gasteiger partial charge >= 0.3 is 0 Å². The van der Waals surface area contributed by atoms with E-state index in [-0.39, 0.29) is 0 Å². The minimum Gasteiger partial charge on any atom is -0.329 e. The molecule has 0 aliphatic carbocycles. The number of imidazole rings is 1. The number of aryl methyl sites for hydroxylation is 2. The van der Waals surface area contributed by atoms with Gasteiger partial charge in [0.1, 0.15) is 5.82 Å². The highest BCUT2D eigenvalue weighted by Crippen LogP contribution is 2.27. The maximum absolute atomic E-state index is 6.07. The Kier molecular flexibility index (Phi) is 3.22. The summed E-state index contributed by atoms with van der Waals surface area (Å²) in [5.74, 6) is 0.868. The first kappa shape index (κ1) is 12.1. The van der Waals surface area contributed by atoms with Crippen molar-refractivity contribution in [1.29, 1.82) is 0 Å². The number of aromatic nitrogens is 2. The lowest BCUT2D eigenvalue weighted by atomic mass is 10.1. The van der Waals surface area contributed by atoms with Crippen LogP contribution in [-0.4, -0.2) is 9.55 Å². The Hall–Kier alpha value is -1.32. The Balaban J connectivity index is 2.61. The maximum Gasteiger partial charge on any atom is 0.152 e. The van der Waals surface area contributed by atoms with Gasteiger partial charge in [-0.1, -0.05) is 35.4 Å². The zero-order valence-electron chi connectivity index (χ0n) is 10.3. The highest BCUT2D eigenvalue weighted by Gasteiger charge is 2.14. The number of nitrogens with two attached hydrogens (primary N) is 1. The van der Waals surface area contributed by atoms with Gasteiger partial charge in [0.2, 0.25) is 0 Å². The number of nitrogens with zero attached hydrogens (tertiary/aromatic N) is 2. The van der Waals surface area contributed by atoms with Crippen molar-refractivity contribution < 1.29 is 0 Å². The molecule has 3 nitrogen and oxygen atoms in total. The summed E-state index contributed by atoms with van der Waals surface area (Å²) in [4.78, 5) is 4.39. The van der Waals surface area contributed by atoms with Crippen molar-refractivity contribution in [3.05, 3.63) is 40.2 Å². The molecule has 0 bridgehead atoms. The van der Waals surface area contributed by atoms with Crippen molar-refractivity contribution in [3.8, 4) is 11.4 Å². The molecule has 17 heavy (non-hydrogen) atoms. The number of rotatable bonds is 2. The summed E-state index contributed by atoms with van der Waals surface area (Å²) in [5.41, 5.74) is 10.1. The topological polar surface area (TPSA) is 43.8 Å². The fourth-order valence-electron chi connectivity index (χ4n) is 2.03. The predicted octanol–water partition coefficient (Wildman–Crippen LogP) is 2.82. The third-order valence-electron chi connectivity index (χ3n) is 2.98. The molecule has 0 fully saturated rings. The van der Waals surface area contributed by atoms with Gasteiger partial charge in [0.25, 0.3) is 0 Å². The van der Waals surface area contributed by atoms with Crippen LogP contribution in [0.15, 0.2) is 18.2 Å². The fraction of sp³-hybridized carbons (Fsp3) is 0.308. The normalized spacial score (nSPS) is 10.9. The fourth-order valence-corrected chi connectivity index (χ4v) is 2.31. The molecule has 0 aliphatic rings. The summed E-state index contributed by atoms with van der Waals surface area (Å²) in [7, 11) is 1.94. The first-order valence-corrected chi connectivity index (χ1v) is 5.91. The smallest absolute Gasteiger partial charge is 0.152 e. The third-order valence-corrected chi connectivity index (χ3v) is 3.28. The van der Waals surface area contributed by atoms with Crippen molar-refractivity contribution in [2.75, 3.05) is 0 Å². The summed E-state index contributed by atoms with van der Waals surface area (Å²) >= 11 is 6.07. The Morgan fingerprint density at radius 3 is 2.59 bits per heavy atom. The first-order valence-electron chi connectivity index (χ1n) is 5.53. The SMILES string of the molecule is Cc1ccc(-c2nc(Cl)c(CN)n2C)c(C)c1. The lowest BCUT2D eigenvalue weighted by Crippen LogP contribution is -2.05. The summed E-state index contributed by atoms with van der Waals surface area (Å²) in [6.07, 6.45) is 0. The molecular weight excluding hydrogens is 234 g/mol. The molecule has 0 amide bonds. The molecule has 0 saturated heterocycles. The standard InChI is InChI=1S/C13H16ClN3/c1-8-4-5-10(9(2)6-8)13-16-12(14)11(7-15)17(13)3/h4-6H,7,15H2,1-3H3. The van der Waals surface area contributed by atoms with E-state index >= 15 is 0 Å². The molecule has 1 aromatic heterocycles. The molecule has 90 valence electrons. The lowest BCUT2D eigenvalue weighted by molar-refractivity contribution is 0.828. The third kappa shape index (κ3) is 2.08. The molecule has 1 heterocycles. The molecule has 0 saturated carbocycles. The average Bonchev–Trinajstić information content (AvgIpc) is 2.54. The Morgan fingerprint density at radius 1 is 1.35 bits per heavy atom. The van der Waals surface area contributed by atoms with Gasteiger partial charge in [0, 0.05) is 19.2 Å². The summed E-state index contributed by atoms with van der Waals surface area (Å²) in [5, 5.41) is 0.491. The highest BCUT2D eigenvalue weighted by atomic mass is 35.5. The summed E-state index contributed by atoms with van der Waals surface area (Å²) in [6.45, 7) is 4.55. The van der Waals surface area contributed by atoms with Crippen molar-refractivity contribution in [3.63, 3.8) is 0 Å². The van der Waals surface area contributed by atoms with Crippen LogP contribution in [-0.2, 0) is 13.6 Å². The molecule has 2 aromatic rings. The Morgan fingerprint density at radius 2 is 2.06 bits per heavy atom. The molecule has 0 aliphatic heterocycles. The van der Waals surface area contributed by atoms with Crippen molar-refractivity contribution in [2.24, 2.45) is 12.8 Å². The molecular formula is C13H16ClN3. The van der Waals surface area contributed by atoms with Crippen LogP contribution in [0, 0.1) is 13.8 Å². The van der Waals surface area contributed by atoms with Crippen molar-refractivity contribution in [2.45, 2.75) is 20.4 Å². The van der Waals surface area contributed by atoms with Crippen LogP contribution in [0.1, 0.15) is 16.8 Å². The molecule has 2 N–H and O–H groups in total. The van der Waals surface area contributed by atoms with Gasteiger partial charge in [-0.15, -0.1) is 0 Å². The van der Waals surface area contributed by atoms with Gasteiger partial charge in [-0.3, -0.25) is 0 Å². The predicted molar refractivity (Wildman–Crippen MR) is 71.0 cm³/mol. The van der Waals surface area contributed by atoms with Crippen LogP contribution >= 0.6 is 11.6 Å². The molecule has 0 atom stereocenters. The van der Waals surface area contributed by atoms with Gasteiger partial charge in [0.05, 0.1) is 5.69 Å². The van der Waals surface area contributed by atoms with Crippen LogP contribution in [0.5, 0.6) is 0 Å². The van der Waals surface area contributed by atoms with E-state index < -0.39 is 0 Å². The largest absolute Gasteiger partial charge is 0.329 e. The second-order valence-electron chi connectivity index (χ2n) is 4.25. The second kappa shape index (κ2) is 4.51. The van der Waals surface area contributed by atoms with E-state index in [1.165, 1.54) is 11.1 Å². The van der Waals surface area contributed by atoms with Gasteiger partial charge in [0.15, 0.2) is 5.15 Å². The number of hydrogen-bond acceptors (Lipinski definition) is 2. The van der Waals surface area contributed by atoms with Crippen LogP contribution < -0.4 is 5.73 Å². The van der Waals surface area contributed by atoms with E-state index in [0.29, 0.717) is 11.7 Å². The van der Waals surface area contributed by atoms with Gasteiger partial charge in [-0.2, -0.15) is 0 Å². The minimum absolute atomic E-state index is 0.396. The summed E-state index contributed by atoms with van der Waals surface area (Å²) < 4.78 is 1.96. The van der Waals surface area contributed by atoms with E-state index in [9.17, 15) is 0 Å². The van der Waals surface area contributed by atoms with E-state index in [1.807, 2.05) is 11.6 Å². The van der Waals surface area contributed by atoms with Crippen LogP contribution in [0.25, 0.3) is 11.4 Å². The van der Waals surface area contributed by atoms with E-state index in [2.05, 4.69) is 37.0 Å².